The number of hydrogen-bond acceptors (Lipinski definition) is 3. The number of benzene rings is 1. The summed E-state index contributed by atoms with van der Waals surface area (Å²) < 4.78 is 0. The monoisotopic (exact) mass is 325 g/mol. The molecule has 1 saturated heterocycles. The van der Waals surface area contributed by atoms with Gasteiger partial charge in [-0.2, -0.15) is 0 Å². The molecule has 1 aromatic carbocycles. The zero-order valence-electron chi connectivity index (χ0n) is 13.1. The minimum absolute atomic E-state index is 0. The predicted molar refractivity (Wildman–Crippen MR) is 90.4 cm³/mol. The van der Waals surface area contributed by atoms with Gasteiger partial charge in [-0.25, -0.2) is 0 Å². The van der Waals surface area contributed by atoms with Crippen LogP contribution >= 0.6 is 12.4 Å². The highest BCUT2D eigenvalue weighted by atomic mass is 35.5. The number of halogens is 1. The number of hydrogen-bond donors (Lipinski definition) is 2. The van der Waals surface area contributed by atoms with E-state index in [1.54, 1.807) is 19.1 Å². The lowest BCUT2D eigenvalue weighted by atomic mass is 10.1. The molecule has 1 unspecified atom stereocenters. The van der Waals surface area contributed by atoms with Crippen LogP contribution in [0, 0.1) is 12.8 Å². The first kappa shape index (κ1) is 18.5. The normalized spacial score (nSPS) is 15.1. The first-order valence-corrected chi connectivity index (χ1v) is 7.43. The molecule has 1 atom stereocenters. The van der Waals surface area contributed by atoms with E-state index in [0.717, 1.165) is 37.2 Å². The van der Waals surface area contributed by atoms with Crippen molar-refractivity contribution < 1.29 is 9.59 Å². The second kappa shape index (κ2) is 8.15. The summed E-state index contributed by atoms with van der Waals surface area (Å²) in [6.45, 7) is 5.67. The van der Waals surface area contributed by atoms with Crippen LogP contribution in [0.15, 0.2) is 18.2 Å². The van der Waals surface area contributed by atoms with Gasteiger partial charge in [0.2, 0.25) is 5.91 Å². The van der Waals surface area contributed by atoms with Gasteiger partial charge in [0.1, 0.15) is 0 Å². The highest BCUT2D eigenvalue weighted by molar-refractivity contribution is 5.97. The second-order valence-corrected chi connectivity index (χ2v) is 5.66. The first-order chi connectivity index (χ1) is 10.0. The number of anilines is 1. The number of carbonyl (C=O) groups excluding carboxylic acids is 2. The highest BCUT2D eigenvalue weighted by Gasteiger charge is 2.20. The van der Waals surface area contributed by atoms with E-state index in [9.17, 15) is 9.59 Å². The topological polar surface area (TPSA) is 75.4 Å². The van der Waals surface area contributed by atoms with E-state index in [2.05, 4.69) is 5.32 Å². The van der Waals surface area contributed by atoms with Gasteiger partial charge in [0, 0.05) is 36.8 Å². The Morgan fingerprint density at radius 2 is 1.95 bits per heavy atom. The van der Waals surface area contributed by atoms with Crippen LogP contribution in [0.25, 0.3) is 0 Å². The molecule has 0 aliphatic carbocycles. The highest BCUT2D eigenvalue weighted by Crippen LogP contribution is 2.20. The van der Waals surface area contributed by atoms with E-state index < -0.39 is 0 Å². The van der Waals surface area contributed by atoms with Crippen molar-refractivity contribution in [1.82, 2.24) is 4.90 Å². The third-order valence-electron chi connectivity index (χ3n) is 3.93. The van der Waals surface area contributed by atoms with Crippen molar-refractivity contribution in [2.75, 3.05) is 25.0 Å². The Morgan fingerprint density at radius 1 is 1.32 bits per heavy atom. The molecule has 6 heteroatoms. The Kier molecular flexibility index (Phi) is 6.84. The van der Waals surface area contributed by atoms with Crippen molar-refractivity contribution in [2.24, 2.45) is 11.7 Å². The Hall–Kier alpha value is -1.59. The zero-order chi connectivity index (χ0) is 15.4. The van der Waals surface area contributed by atoms with Crippen LogP contribution in [0.3, 0.4) is 0 Å². The van der Waals surface area contributed by atoms with Crippen molar-refractivity contribution in [2.45, 2.75) is 26.7 Å². The number of rotatable bonds is 4. The van der Waals surface area contributed by atoms with Crippen molar-refractivity contribution >= 4 is 29.9 Å². The van der Waals surface area contributed by atoms with Crippen molar-refractivity contribution in [3.63, 3.8) is 0 Å². The molecule has 3 N–H and O–H groups in total. The van der Waals surface area contributed by atoms with Gasteiger partial charge in [-0.3, -0.25) is 9.59 Å². The first-order valence-electron chi connectivity index (χ1n) is 7.43. The fraction of sp³-hybridized carbons (Fsp3) is 0.500. The molecule has 0 spiro atoms. The zero-order valence-corrected chi connectivity index (χ0v) is 13.9. The lowest BCUT2D eigenvalue weighted by Gasteiger charge is -2.17. The molecule has 0 bridgehead atoms. The number of carbonyl (C=O) groups is 2. The maximum Gasteiger partial charge on any atom is 0.253 e. The maximum absolute atomic E-state index is 12.3. The smallest absolute Gasteiger partial charge is 0.253 e. The summed E-state index contributed by atoms with van der Waals surface area (Å²) in [5, 5.41) is 2.85. The van der Waals surface area contributed by atoms with Gasteiger partial charge in [0.25, 0.3) is 5.91 Å². The standard InChI is InChI=1S/C16H23N3O2.ClH/c1-11-9-13(16(21)19-7-3-4-8-19)5-6-14(11)18-15(20)12(2)10-17;/h5-6,9,12H,3-4,7-8,10,17H2,1-2H3,(H,18,20);1H. The van der Waals surface area contributed by atoms with Crippen LogP contribution in [0.4, 0.5) is 5.69 Å². The molecule has 0 aromatic heterocycles. The maximum atomic E-state index is 12.3. The number of nitrogens with zero attached hydrogens (tertiary/aromatic N) is 1. The quantitative estimate of drug-likeness (QED) is 0.891. The number of aryl methyl sites for hydroxylation is 1. The minimum Gasteiger partial charge on any atom is -0.339 e. The van der Waals surface area contributed by atoms with Crippen molar-refractivity contribution in [3.8, 4) is 0 Å². The summed E-state index contributed by atoms with van der Waals surface area (Å²) in [6, 6.07) is 5.40. The largest absolute Gasteiger partial charge is 0.339 e. The van der Waals surface area contributed by atoms with Gasteiger partial charge < -0.3 is 16.0 Å². The Bertz CT molecular complexity index is 542. The van der Waals surface area contributed by atoms with Crippen molar-refractivity contribution in [1.29, 1.82) is 0 Å². The summed E-state index contributed by atoms with van der Waals surface area (Å²) in [7, 11) is 0. The lowest BCUT2D eigenvalue weighted by Crippen LogP contribution is -2.28. The van der Waals surface area contributed by atoms with E-state index in [0.29, 0.717) is 12.1 Å². The van der Waals surface area contributed by atoms with Crippen LogP contribution in [0.1, 0.15) is 35.7 Å². The van der Waals surface area contributed by atoms with Crippen LogP contribution < -0.4 is 11.1 Å². The third kappa shape index (κ3) is 4.21. The van der Waals surface area contributed by atoms with Gasteiger partial charge in [-0.1, -0.05) is 6.92 Å². The average Bonchev–Trinajstić information content (AvgIpc) is 3.01. The fourth-order valence-corrected chi connectivity index (χ4v) is 2.40. The molecule has 1 aliphatic rings. The molecule has 5 nitrogen and oxygen atoms in total. The molecule has 0 saturated carbocycles. The summed E-state index contributed by atoms with van der Waals surface area (Å²) in [6.07, 6.45) is 2.16. The molecular weight excluding hydrogens is 302 g/mol. The molecule has 22 heavy (non-hydrogen) atoms. The molecule has 1 aliphatic heterocycles. The number of nitrogens with two attached hydrogens (primary N) is 1. The molecule has 1 heterocycles. The van der Waals surface area contributed by atoms with Gasteiger partial charge >= 0.3 is 0 Å². The molecule has 0 radical (unpaired) electrons. The summed E-state index contributed by atoms with van der Waals surface area (Å²) in [5.74, 6) is -0.252. The summed E-state index contributed by atoms with van der Waals surface area (Å²) >= 11 is 0. The van der Waals surface area contributed by atoms with Gasteiger partial charge in [0.05, 0.1) is 0 Å². The van der Waals surface area contributed by atoms with Gasteiger partial charge in [-0.05, 0) is 43.5 Å². The Balaban J connectivity index is 0.00000242. The summed E-state index contributed by atoms with van der Waals surface area (Å²) in [5.41, 5.74) is 7.79. The van der Waals surface area contributed by atoms with Crippen LogP contribution in [-0.2, 0) is 4.79 Å². The average molecular weight is 326 g/mol. The van der Waals surface area contributed by atoms with E-state index >= 15 is 0 Å². The fourth-order valence-electron chi connectivity index (χ4n) is 2.40. The predicted octanol–water partition coefficient (Wildman–Crippen LogP) is 2.19. The third-order valence-corrected chi connectivity index (χ3v) is 3.93. The molecule has 2 amide bonds. The van der Waals surface area contributed by atoms with E-state index in [1.807, 2.05) is 17.9 Å². The lowest BCUT2D eigenvalue weighted by molar-refractivity contribution is -0.119. The number of likely N-dealkylation sites (tertiary alicyclic amines) is 1. The molecular formula is C16H24ClN3O2. The molecule has 2 rings (SSSR count). The van der Waals surface area contributed by atoms with Gasteiger partial charge in [-0.15, -0.1) is 12.4 Å². The molecule has 1 aromatic rings. The Morgan fingerprint density at radius 3 is 2.50 bits per heavy atom. The molecule has 1 fully saturated rings. The molecule has 122 valence electrons. The van der Waals surface area contributed by atoms with E-state index in [-0.39, 0.29) is 30.1 Å². The second-order valence-electron chi connectivity index (χ2n) is 5.66. The van der Waals surface area contributed by atoms with Gasteiger partial charge in [0.15, 0.2) is 0 Å². The van der Waals surface area contributed by atoms with E-state index in [4.69, 9.17) is 5.73 Å². The minimum atomic E-state index is -0.227. The van der Waals surface area contributed by atoms with Crippen LogP contribution in [0.2, 0.25) is 0 Å². The van der Waals surface area contributed by atoms with Crippen molar-refractivity contribution in [3.05, 3.63) is 29.3 Å². The number of nitrogens with one attached hydrogen (secondary N) is 1. The van der Waals surface area contributed by atoms with Crippen LogP contribution in [-0.4, -0.2) is 36.3 Å². The summed E-state index contributed by atoms with van der Waals surface area (Å²) in [4.78, 5) is 26.0. The van der Waals surface area contributed by atoms with E-state index in [1.165, 1.54) is 0 Å². The number of amides is 2. The Labute approximate surface area is 137 Å². The van der Waals surface area contributed by atoms with Crippen LogP contribution in [0.5, 0.6) is 0 Å². The SMILES string of the molecule is Cc1cc(C(=O)N2CCCC2)ccc1NC(=O)C(C)CN.Cl.